The minimum absolute atomic E-state index is 0.381. The predicted molar refractivity (Wildman–Crippen MR) is 68.7 cm³/mol. The van der Waals surface area contributed by atoms with E-state index in [9.17, 15) is 0 Å². The zero-order valence-electron chi connectivity index (χ0n) is 9.84. The van der Waals surface area contributed by atoms with E-state index in [0.29, 0.717) is 12.0 Å². The molecule has 88 valence electrons. The van der Waals surface area contributed by atoms with Gasteiger partial charge in [0.1, 0.15) is 5.82 Å². The Morgan fingerprint density at radius 1 is 1.06 bits per heavy atom. The van der Waals surface area contributed by atoms with Crippen LogP contribution in [0.25, 0.3) is 10.9 Å². The van der Waals surface area contributed by atoms with Gasteiger partial charge in [-0.25, -0.2) is 9.97 Å². The molecule has 3 heteroatoms. The highest BCUT2D eigenvalue weighted by atomic mass is 14.9. The van der Waals surface area contributed by atoms with Crippen LogP contribution < -0.4 is 5.73 Å². The molecule has 1 aliphatic carbocycles. The lowest BCUT2D eigenvalue weighted by atomic mass is 9.86. The second-order valence-corrected chi connectivity index (χ2v) is 4.90. The SMILES string of the molecule is N[C@H]1CC[C@H](c2ncc3ccccc3n2)CC1. The number of hydrogen-bond acceptors (Lipinski definition) is 3. The third-order valence-electron chi connectivity index (χ3n) is 3.64. The largest absolute Gasteiger partial charge is 0.328 e. The number of para-hydroxylation sites is 1. The number of aromatic nitrogens is 2. The van der Waals surface area contributed by atoms with Crippen LogP contribution in [0.4, 0.5) is 0 Å². The fourth-order valence-corrected chi connectivity index (χ4v) is 2.56. The van der Waals surface area contributed by atoms with Gasteiger partial charge in [0.05, 0.1) is 5.52 Å². The van der Waals surface area contributed by atoms with Crippen molar-refractivity contribution in [2.45, 2.75) is 37.6 Å². The van der Waals surface area contributed by atoms with E-state index in [2.05, 4.69) is 22.1 Å². The molecule has 0 radical (unpaired) electrons. The lowest BCUT2D eigenvalue weighted by molar-refractivity contribution is 0.385. The third-order valence-corrected chi connectivity index (χ3v) is 3.64. The van der Waals surface area contributed by atoms with Gasteiger partial charge in [0.2, 0.25) is 0 Å². The topological polar surface area (TPSA) is 51.8 Å². The Morgan fingerprint density at radius 2 is 1.82 bits per heavy atom. The summed E-state index contributed by atoms with van der Waals surface area (Å²) in [5.41, 5.74) is 6.97. The predicted octanol–water partition coefficient (Wildman–Crippen LogP) is 2.61. The highest BCUT2D eigenvalue weighted by molar-refractivity contribution is 5.77. The molecule has 0 amide bonds. The van der Waals surface area contributed by atoms with Crippen LogP contribution in [0.2, 0.25) is 0 Å². The smallest absolute Gasteiger partial charge is 0.132 e. The average molecular weight is 227 g/mol. The van der Waals surface area contributed by atoms with Crippen LogP contribution in [0.5, 0.6) is 0 Å². The standard InChI is InChI=1S/C14H17N3/c15-12-7-5-10(6-8-12)14-16-9-11-3-1-2-4-13(11)17-14/h1-4,9-10,12H,5-8,15H2/t10-,12-. The Hall–Kier alpha value is -1.48. The molecule has 1 heterocycles. The van der Waals surface area contributed by atoms with E-state index in [1.807, 2.05) is 18.3 Å². The summed E-state index contributed by atoms with van der Waals surface area (Å²) in [6.45, 7) is 0. The fourth-order valence-electron chi connectivity index (χ4n) is 2.56. The van der Waals surface area contributed by atoms with Gasteiger partial charge in [-0.15, -0.1) is 0 Å². The normalized spacial score (nSPS) is 25.0. The van der Waals surface area contributed by atoms with E-state index < -0.39 is 0 Å². The Balaban J connectivity index is 1.90. The van der Waals surface area contributed by atoms with Gasteiger partial charge in [0.25, 0.3) is 0 Å². The van der Waals surface area contributed by atoms with E-state index in [-0.39, 0.29) is 0 Å². The summed E-state index contributed by atoms with van der Waals surface area (Å²) in [6.07, 6.45) is 6.38. The van der Waals surface area contributed by atoms with Gasteiger partial charge in [0.15, 0.2) is 0 Å². The van der Waals surface area contributed by atoms with Crippen LogP contribution in [0.15, 0.2) is 30.5 Å². The molecule has 3 rings (SSSR count). The van der Waals surface area contributed by atoms with Crippen LogP contribution >= 0.6 is 0 Å². The highest BCUT2D eigenvalue weighted by Gasteiger charge is 2.22. The summed E-state index contributed by atoms with van der Waals surface area (Å²) in [5.74, 6) is 1.50. The number of nitrogens with zero attached hydrogens (tertiary/aromatic N) is 2. The maximum atomic E-state index is 5.92. The maximum Gasteiger partial charge on any atom is 0.132 e. The first kappa shape index (κ1) is 10.7. The first-order valence-electron chi connectivity index (χ1n) is 6.30. The summed E-state index contributed by atoms with van der Waals surface area (Å²) in [4.78, 5) is 9.18. The fraction of sp³-hybridized carbons (Fsp3) is 0.429. The number of hydrogen-bond donors (Lipinski definition) is 1. The highest BCUT2D eigenvalue weighted by Crippen LogP contribution is 2.30. The van der Waals surface area contributed by atoms with Crippen molar-refractivity contribution in [3.63, 3.8) is 0 Å². The van der Waals surface area contributed by atoms with Crippen LogP contribution in [-0.4, -0.2) is 16.0 Å². The Labute approximate surface area is 101 Å². The molecule has 17 heavy (non-hydrogen) atoms. The van der Waals surface area contributed by atoms with E-state index in [1.54, 1.807) is 0 Å². The van der Waals surface area contributed by atoms with E-state index in [0.717, 1.165) is 42.4 Å². The van der Waals surface area contributed by atoms with E-state index in [4.69, 9.17) is 5.73 Å². The van der Waals surface area contributed by atoms with Gasteiger partial charge >= 0.3 is 0 Å². The second kappa shape index (κ2) is 4.41. The molecule has 2 aromatic rings. The molecule has 2 N–H and O–H groups in total. The second-order valence-electron chi connectivity index (χ2n) is 4.90. The van der Waals surface area contributed by atoms with E-state index >= 15 is 0 Å². The number of benzene rings is 1. The van der Waals surface area contributed by atoms with Crippen LogP contribution in [-0.2, 0) is 0 Å². The van der Waals surface area contributed by atoms with Crippen molar-refractivity contribution in [3.05, 3.63) is 36.3 Å². The molecule has 1 aromatic heterocycles. The van der Waals surface area contributed by atoms with Crippen molar-refractivity contribution in [3.8, 4) is 0 Å². The molecular weight excluding hydrogens is 210 g/mol. The minimum Gasteiger partial charge on any atom is -0.328 e. The monoisotopic (exact) mass is 227 g/mol. The first-order chi connectivity index (χ1) is 8.33. The summed E-state index contributed by atoms with van der Waals surface area (Å²) >= 11 is 0. The van der Waals surface area contributed by atoms with Crippen molar-refractivity contribution in [2.75, 3.05) is 0 Å². The van der Waals surface area contributed by atoms with Gasteiger partial charge in [-0.05, 0) is 31.7 Å². The van der Waals surface area contributed by atoms with Crippen LogP contribution in [0.1, 0.15) is 37.4 Å². The Kier molecular flexibility index (Phi) is 2.77. The molecule has 0 saturated heterocycles. The van der Waals surface area contributed by atoms with Gasteiger partial charge in [-0.2, -0.15) is 0 Å². The van der Waals surface area contributed by atoms with Gasteiger partial charge in [-0.3, -0.25) is 0 Å². The molecule has 1 aliphatic rings. The van der Waals surface area contributed by atoms with Gasteiger partial charge in [0, 0.05) is 23.5 Å². The summed E-state index contributed by atoms with van der Waals surface area (Å²) in [6, 6.07) is 8.53. The zero-order chi connectivity index (χ0) is 11.7. The minimum atomic E-state index is 0.381. The van der Waals surface area contributed by atoms with Gasteiger partial charge < -0.3 is 5.73 Å². The van der Waals surface area contributed by atoms with Crippen molar-refractivity contribution in [1.29, 1.82) is 0 Å². The Morgan fingerprint density at radius 3 is 2.65 bits per heavy atom. The zero-order valence-corrected chi connectivity index (χ0v) is 9.84. The number of rotatable bonds is 1. The molecule has 1 aromatic carbocycles. The molecule has 1 fully saturated rings. The van der Waals surface area contributed by atoms with Crippen molar-refractivity contribution >= 4 is 10.9 Å². The summed E-state index contributed by atoms with van der Waals surface area (Å²) in [7, 11) is 0. The molecule has 0 atom stereocenters. The van der Waals surface area contributed by atoms with Crippen molar-refractivity contribution < 1.29 is 0 Å². The molecular formula is C14H17N3. The quantitative estimate of drug-likeness (QED) is 0.814. The maximum absolute atomic E-state index is 5.92. The Bertz CT molecular complexity index is 516. The first-order valence-corrected chi connectivity index (χ1v) is 6.30. The number of nitrogens with two attached hydrogens (primary N) is 1. The molecule has 0 aliphatic heterocycles. The van der Waals surface area contributed by atoms with Crippen LogP contribution in [0.3, 0.4) is 0 Å². The molecule has 0 spiro atoms. The summed E-state index contributed by atoms with van der Waals surface area (Å²) in [5, 5.41) is 1.11. The molecule has 1 saturated carbocycles. The molecule has 0 unspecified atom stereocenters. The van der Waals surface area contributed by atoms with Crippen molar-refractivity contribution in [2.24, 2.45) is 5.73 Å². The lowest BCUT2D eigenvalue weighted by Gasteiger charge is -2.24. The average Bonchev–Trinajstić information content (AvgIpc) is 2.39. The number of fused-ring (bicyclic) bond motifs is 1. The van der Waals surface area contributed by atoms with Gasteiger partial charge in [-0.1, -0.05) is 18.2 Å². The lowest BCUT2D eigenvalue weighted by Crippen LogP contribution is -2.26. The third kappa shape index (κ3) is 2.15. The van der Waals surface area contributed by atoms with E-state index in [1.165, 1.54) is 0 Å². The van der Waals surface area contributed by atoms with Crippen molar-refractivity contribution in [1.82, 2.24) is 9.97 Å². The molecule has 3 nitrogen and oxygen atoms in total. The summed E-state index contributed by atoms with van der Waals surface area (Å²) < 4.78 is 0. The van der Waals surface area contributed by atoms with Crippen LogP contribution in [0, 0.1) is 0 Å². The molecule has 0 bridgehead atoms.